The van der Waals surface area contributed by atoms with Gasteiger partial charge in [-0.3, -0.25) is 10.1 Å². The lowest BCUT2D eigenvalue weighted by Crippen LogP contribution is -2.71. The van der Waals surface area contributed by atoms with Crippen LogP contribution in [0.15, 0.2) is 30.6 Å². The maximum atomic E-state index is 14.4. The molecule has 1 aromatic carbocycles. The molecule has 0 aliphatic heterocycles. The molecule has 2 aromatic rings. The van der Waals surface area contributed by atoms with Crippen molar-refractivity contribution >= 4 is 58.2 Å². The van der Waals surface area contributed by atoms with Crippen LogP contribution in [0, 0.1) is 5.41 Å². The summed E-state index contributed by atoms with van der Waals surface area (Å²) in [5, 5.41) is 7.33. The van der Waals surface area contributed by atoms with Gasteiger partial charge in [0.15, 0.2) is 5.69 Å². The highest BCUT2D eigenvalue weighted by atomic mass is 35.5. The summed E-state index contributed by atoms with van der Waals surface area (Å²) < 4.78 is 92.9. The Morgan fingerprint density at radius 1 is 1.05 bits per heavy atom. The lowest BCUT2D eigenvalue weighted by molar-refractivity contribution is -0.495. The van der Waals surface area contributed by atoms with E-state index in [0.717, 1.165) is 24.4 Å². The molecule has 1 fully saturated rings. The minimum absolute atomic E-state index is 0.0692. The number of quaternary nitrogens is 1. The minimum atomic E-state index is -6.33. The van der Waals surface area contributed by atoms with Crippen molar-refractivity contribution in [2.75, 3.05) is 7.05 Å². The van der Waals surface area contributed by atoms with Crippen molar-refractivity contribution in [3.05, 3.63) is 62.5 Å². The van der Waals surface area contributed by atoms with Gasteiger partial charge in [0.2, 0.25) is 0 Å². The summed E-state index contributed by atoms with van der Waals surface area (Å²) in [6.07, 6.45) is -7.62. The van der Waals surface area contributed by atoms with Gasteiger partial charge in [0, 0.05) is 36.6 Å². The molecule has 0 spiro atoms. The summed E-state index contributed by atoms with van der Waals surface area (Å²) >= 11 is 17.8. The predicted octanol–water partition coefficient (Wildman–Crippen LogP) is 6.45. The summed E-state index contributed by atoms with van der Waals surface area (Å²) in [7, 11) is 1.61. The van der Waals surface area contributed by atoms with Crippen LogP contribution < -0.4 is 5.32 Å². The number of nitrogens with zero attached hydrogens (tertiary/aromatic N) is 2. The van der Waals surface area contributed by atoms with Gasteiger partial charge in [-0.1, -0.05) is 34.8 Å². The number of benzene rings is 1. The Bertz CT molecular complexity index is 1220. The normalized spacial score (nSPS) is 15.1. The number of pyridine rings is 1. The van der Waals surface area contributed by atoms with Crippen LogP contribution in [0.2, 0.25) is 15.2 Å². The van der Waals surface area contributed by atoms with E-state index in [1.165, 1.54) is 23.4 Å². The van der Waals surface area contributed by atoms with Gasteiger partial charge in [0.1, 0.15) is 21.4 Å². The highest BCUT2D eigenvalue weighted by Crippen LogP contribution is 2.54. The van der Waals surface area contributed by atoms with E-state index < -0.39 is 33.6 Å². The molecule has 1 aliphatic carbocycles. The van der Waals surface area contributed by atoms with Crippen molar-refractivity contribution in [2.24, 2.45) is 0 Å². The zero-order valence-electron chi connectivity index (χ0n) is 18.6. The molecule has 3 rings (SSSR count). The number of halogens is 10. The number of aromatic nitrogens is 1. The third-order valence-corrected chi connectivity index (χ3v) is 6.59. The Balaban J connectivity index is 1.96. The lowest BCUT2D eigenvalue weighted by atomic mass is 9.94. The fraction of sp³-hybridized carbons (Fsp3) is 0.318. The zero-order chi connectivity index (χ0) is 27.9. The number of rotatable bonds is 7. The maximum absolute atomic E-state index is 14.4. The number of carbonyl (C=O) groups excluding carboxylic acids is 1. The average Bonchev–Trinajstić information content (AvgIpc) is 3.64. The van der Waals surface area contributed by atoms with Gasteiger partial charge in [-0.05, 0) is 31.0 Å². The molecule has 1 saturated carbocycles. The fourth-order valence-electron chi connectivity index (χ4n) is 3.40. The first-order chi connectivity index (χ1) is 17.0. The Kier molecular flexibility index (Phi) is 8.19. The summed E-state index contributed by atoms with van der Waals surface area (Å²) in [5.41, 5.74) is -7.32. The highest BCUT2D eigenvalue weighted by Gasteiger charge is 2.73. The molecule has 0 radical (unpaired) electrons. The van der Waals surface area contributed by atoms with Crippen molar-refractivity contribution in [3.63, 3.8) is 0 Å². The second kappa shape index (κ2) is 10.4. The number of nitrogens with one attached hydrogen (secondary N) is 1. The van der Waals surface area contributed by atoms with Gasteiger partial charge < -0.3 is 10.3 Å². The minimum Gasteiger partial charge on any atom is -0.339 e. The van der Waals surface area contributed by atoms with E-state index >= 15 is 0 Å². The first-order valence-corrected chi connectivity index (χ1v) is 11.5. The molecule has 0 saturated heterocycles. The molecule has 0 atom stereocenters. The summed E-state index contributed by atoms with van der Waals surface area (Å²) in [6, 6.07) is 1.85. The monoisotopic (exact) mass is 591 g/mol. The lowest BCUT2D eigenvalue weighted by Gasteiger charge is -2.30. The molecule has 200 valence electrons. The molecule has 0 unspecified atom stereocenters. The van der Waals surface area contributed by atoms with Gasteiger partial charge in [-0.25, -0.2) is 9.37 Å². The number of alkyl halides is 7. The van der Waals surface area contributed by atoms with Gasteiger partial charge in [-0.2, -0.15) is 26.3 Å². The van der Waals surface area contributed by atoms with Gasteiger partial charge in [0.05, 0.1) is 11.1 Å². The van der Waals surface area contributed by atoms with Crippen LogP contribution in [-0.2, 0) is 5.67 Å². The zero-order valence-corrected chi connectivity index (χ0v) is 20.9. The van der Waals surface area contributed by atoms with Crippen molar-refractivity contribution in [2.45, 2.75) is 36.9 Å². The predicted molar refractivity (Wildman–Crippen MR) is 124 cm³/mol. The van der Waals surface area contributed by atoms with Crippen molar-refractivity contribution in [1.82, 2.24) is 9.88 Å². The fourth-order valence-corrected chi connectivity index (χ4v) is 4.20. The van der Waals surface area contributed by atoms with Crippen LogP contribution in [0.25, 0.3) is 5.57 Å². The molecule has 1 aliphatic rings. The summed E-state index contributed by atoms with van der Waals surface area (Å²) in [4.78, 5) is 18.2. The second-order valence-corrected chi connectivity index (χ2v) is 9.32. The number of amides is 1. The summed E-state index contributed by atoms with van der Waals surface area (Å²) in [6.45, 7) is 0. The molecule has 1 aromatic heterocycles. The second-order valence-electron chi connectivity index (χ2n) is 8.15. The number of hydrogen-bond donors (Lipinski definition) is 2. The molecule has 3 N–H and O–H groups in total. The van der Waals surface area contributed by atoms with Crippen LogP contribution in [0.4, 0.5) is 36.4 Å². The van der Waals surface area contributed by atoms with E-state index in [4.69, 9.17) is 40.2 Å². The quantitative estimate of drug-likeness (QED) is 0.168. The summed E-state index contributed by atoms with van der Waals surface area (Å²) in [5.74, 6) is -0.388. The third-order valence-electron chi connectivity index (χ3n) is 5.66. The standard InChI is InChI=1S/C22H16Cl3F7N4O/c1-36(13-2-3-13)19(37)14-4-10(8-35-18(14)25)11(7-33)9-34-17-15(23)5-12(6-16(17)24)20(26,21(27,28)29)22(30,31)32/h4-9,13,33-34H,2-3H2,1H3/p+1. The molecule has 1 heterocycles. The SMILES string of the molecule is CN(C(=O)c1cc(C(C=N)=C[NH2+]c2c(Cl)cc(C(F)(C(F)(F)F)C(F)(F)F)cc2Cl)cnc1Cl)C1CC1. The number of allylic oxidation sites excluding steroid dienone is 1. The topological polar surface area (TPSA) is 73.7 Å². The molecule has 0 bridgehead atoms. The third kappa shape index (κ3) is 5.71. The van der Waals surface area contributed by atoms with Crippen LogP contribution >= 0.6 is 34.8 Å². The smallest absolute Gasteiger partial charge is 0.339 e. The molecular formula is C22H17Cl3F7N4O+. The highest BCUT2D eigenvalue weighted by molar-refractivity contribution is 6.38. The Hall–Kier alpha value is -2.41. The van der Waals surface area contributed by atoms with Gasteiger partial charge in [-0.15, -0.1) is 0 Å². The van der Waals surface area contributed by atoms with E-state index in [1.54, 1.807) is 7.05 Å². The van der Waals surface area contributed by atoms with Gasteiger partial charge >= 0.3 is 18.0 Å². The molecular weight excluding hydrogens is 576 g/mol. The van der Waals surface area contributed by atoms with Crippen molar-refractivity contribution in [3.8, 4) is 0 Å². The Morgan fingerprint density at radius 3 is 2.05 bits per heavy atom. The first-order valence-electron chi connectivity index (χ1n) is 10.3. The van der Waals surface area contributed by atoms with Gasteiger partial charge in [0.25, 0.3) is 5.91 Å². The van der Waals surface area contributed by atoms with Crippen LogP contribution in [0.5, 0.6) is 0 Å². The largest absolute Gasteiger partial charge is 0.435 e. The molecule has 37 heavy (non-hydrogen) atoms. The molecule has 15 heteroatoms. The number of hydrogen-bond acceptors (Lipinski definition) is 3. The van der Waals surface area contributed by atoms with Crippen LogP contribution in [0.3, 0.4) is 0 Å². The van der Waals surface area contributed by atoms with Crippen molar-refractivity contribution in [1.29, 1.82) is 5.41 Å². The maximum Gasteiger partial charge on any atom is 0.435 e. The number of nitrogens with two attached hydrogens (primary N) is 1. The van der Waals surface area contributed by atoms with E-state index in [0.29, 0.717) is 0 Å². The van der Waals surface area contributed by atoms with Crippen LogP contribution in [0.1, 0.15) is 34.3 Å². The van der Waals surface area contributed by atoms with E-state index in [2.05, 4.69) is 4.98 Å². The Morgan fingerprint density at radius 2 is 1.59 bits per heavy atom. The van der Waals surface area contributed by atoms with E-state index in [1.807, 2.05) is 0 Å². The van der Waals surface area contributed by atoms with E-state index in [-0.39, 0.29) is 51.6 Å². The van der Waals surface area contributed by atoms with Crippen LogP contribution in [-0.4, -0.2) is 47.4 Å². The Labute approximate surface area is 220 Å². The van der Waals surface area contributed by atoms with Crippen molar-refractivity contribution < 1.29 is 40.8 Å². The van der Waals surface area contributed by atoms with E-state index in [9.17, 15) is 35.5 Å². The number of carbonyl (C=O) groups is 1. The first kappa shape index (κ1) is 29.2. The molecule has 5 nitrogen and oxygen atoms in total. The average molecular weight is 593 g/mol. The molecule has 1 amide bonds.